The highest BCUT2D eigenvalue weighted by Crippen LogP contribution is 2.16. The van der Waals surface area contributed by atoms with Crippen LogP contribution in [0.15, 0.2) is 43.0 Å². The van der Waals surface area contributed by atoms with Crippen molar-refractivity contribution in [3.8, 4) is 0 Å². The van der Waals surface area contributed by atoms with Crippen molar-refractivity contribution in [1.29, 1.82) is 0 Å². The number of hydrogen-bond donors (Lipinski definition) is 0. The Morgan fingerprint density at radius 2 is 2.08 bits per heavy atom. The molecule has 68 valence electrons. The zero-order valence-electron chi connectivity index (χ0n) is 7.86. The summed E-state index contributed by atoms with van der Waals surface area (Å²) in [5, 5.41) is 0. The van der Waals surface area contributed by atoms with Gasteiger partial charge in [-0.25, -0.2) is 0 Å². The monoisotopic (exact) mass is 174 g/mol. The Hall–Kier alpha value is -1.37. The van der Waals surface area contributed by atoms with Crippen LogP contribution in [0, 0.1) is 0 Å². The number of ketones is 1. The molecule has 1 rings (SSSR count). The van der Waals surface area contributed by atoms with Gasteiger partial charge in [0.15, 0.2) is 0 Å². The Balaban J connectivity index is 2.73. The van der Waals surface area contributed by atoms with Gasteiger partial charge in [-0.2, -0.15) is 0 Å². The summed E-state index contributed by atoms with van der Waals surface area (Å²) in [5.74, 6) is 0.209. The van der Waals surface area contributed by atoms with E-state index in [4.69, 9.17) is 0 Å². The van der Waals surface area contributed by atoms with Crippen molar-refractivity contribution in [1.82, 2.24) is 0 Å². The molecule has 0 aliphatic rings. The van der Waals surface area contributed by atoms with E-state index < -0.39 is 0 Å². The molecule has 0 aromatic heterocycles. The molecule has 0 radical (unpaired) electrons. The van der Waals surface area contributed by atoms with E-state index in [0.29, 0.717) is 6.42 Å². The van der Waals surface area contributed by atoms with Crippen LogP contribution in [-0.4, -0.2) is 5.78 Å². The summed E-state index contributed by atoms with van der Waals surface area (Å²) < 4.78 is 0. The second kappa shape index (κ2) is 4.61. The molecule has 1 nitrogen and oxygen atoms in total. The predicted octanol–water partition coefficient (Wildman–Crippen LogP) is 2.94. The molecule has 0 N–H and O–H groups in total. The van der Waals surface area contributed by atoms with Gasteiger partial charge in [0.2, 0.25) is 0 Å². The highest BCUT2D eigenvalue weighted by Gasteiger charge is 2.12. The summed E-state index contributed by atoms with van der Waals surface area (Å²) >= 11 is 0. The van der Waals surface area contributed by atoms with Gasteiger partial charge >= 0.3 is 0 Å². The Bertz CT molecular complexity index is 287. The molecule has 0 unspecified atom stereocenters. The van der Waals surface area contributed by atoms with E-state index in [1.54, 1.807) is 6.08 Å². The minimum absolute atomic E-state index is 0.0146. The van der Waals surface area contributed by atoms with Gasteiger partial charge in [0.25, 0.3) is 0 Å². The molecular weight excluding hydrogens is 160 g/mol. The quantitative estimate of drug-likeness (QED) is 0.641. The van der Waals surface area contributed by atoms with E-state index in [-0.39, 0.29) is 11.7 Å². The lowest BCUT2D eigenvalue weighted by Gasteiger charge is -2.08. The molecule has 0 aliphatic carbocycles. The number of rotatable bonds is 4. The fourth-order valence-corrected chi connectivity index (χ4v) is 1.25. The van der Waals surface area contributed by atoms with Gasteiger partial charge in [0, 0.05) is 12.3 Å². The van der Waals surface area contributed by atoms with Crippen LogP contribution in [0.5, 0.6) is 0 Å². The third kappa shape index (κ3) is 2.55. The molecule has 0 spiro atoms. The second-order valence-corrected chi connectivity index (χ2v) is 3.09. The van der Waals surface area contributed by atoms with Crippen LogP contribution >= 0.6 is 0 Å². The van der Waals surface area contributed by atoms with Crippen LogP contribution in [-0.2, 0) is 4.79 Å². The molecule has 0 saturated carbocycles. The predicted molar refractivity (Wildman–Crippen MR) is 54.7 cm³/mol. The van der Waals surface area contributed by atoms with E-state index in [9.17, 15) is 4.79 Å². The number of benzene rings is 1. The molecular formula is C12H14O. The van der Waals surface area contributed by atoms with Gasteiger partial charge in [-0.15, -0.1) is 6.58 Å². The van der Waals surface area contributed by atoms with E-state index in [1.165, 1.54) is 0 Å². The first kappa shape index (κ1) is 9.72. The van der Waals surface area contributed by atoms with Crippen LogP contribution in [0.2, 0.25) is 0 Å². The summed E-state index contributed by atoms with van der Waals surface area (Å²) in [5.41, 5.74) is 1.08. The largest absolute Gasteiger partial charge is 0.299 e. The lowest BCUT2D eigenvalue weighted by Crippen LogP contribution is -2.07. The zero-order chi connectivity index (χ0) is 9.68. The van der Waals surface area contributed by atoms with E-state index in [1.807, 2.05) is 37.3 Å². The van der Waals surface area contributed by atoms with Crippen molar-refractivity contribution < 1.29 is 4.79 Å². The fourth-order valence-electron chi connectivity index (χ4n) is 1.25. The van der Waals surface area contributed by atoms with Crippen molar-refractivity contribution in [2.75, 3.05) is 0 Å². The third-order valence-electron chi connectivity index (χ3n) is 2.13. The molecule has 0 amide bonds. The maximum atomic E-state index is 11.5. The van der Waals surface area contributed by atoms with E-state index >= 15 is 0 Å². The van der Waals surface area contributed by atoms with Crippen LogP contribution < -0.4 is 0 Å². The summed E-state index contributed by atoms with van der Waals surface area (Å²) in [7, 11) is 0. The smallest absolute Gasteiger partial charge is 0.143 e. The van der Waals surface area contributed by atoms with Crippen molar-refractivity contribution in [3.63, 3.8) is 0 Å². The van der Waals surface area contributed by atoms with E-state index in [0.717, 1.165) is 5.56 Å². The Morgan fingerprint density at radius 1 is 1.46 bits per heavy atom. The van der Waals surface area contributed by atoms with Crippen molar-refractivity contribution in [2.24, 2.45) is 0 Å². The standard InChI is InChI=1S/C12H14O/c1-3-7-12(13)10(2)11-8-5-4-6-9-11/h3-6,8-10H,1,7H2,2H3/t10-/m1/s1. The molecule has 1 aromatic rings. The number of allylic oxidation sites excluding steroid dienone is 1. The van der Waals surface area contributed by atoms with Gasteiger partial charge in [0.1, 0.15) is 5.78 Å². The second-order valence-electron chi connectivity index (χ2n) is 3.09. The zero-order valence-corrected chi connectivity index (χ0v) is 7.86. The van der Waals surface area contributed by atoms with Gasteiger partial charge in [-0.1, -0.05) is 43.3 Å². The van der Waals surface area contributed by atoms with Crippen molar-refractivity contribution >= 4 is 5.78 Å². The Morgan fingerprint density at radius 3 is 2.62 bits per heavy atom. The highest BCUT2D eigenvalue weighted by molar-refractivity contribution is 5.86. The minimum Gasteiger partial charge on any atom is -0.299 e. The molecule has 13 heavy (non-hydrogen) atoms. The summed E-state index contributed by atoms with van der Waals surface area (Å²) in [6.07, 6.45) is 2.11. The molecule has 0 aliphatic heterocycles. The Labute approximate surface area is 79.1 Å². The average Bonchev–Trinajstić information content (AvgIpc) is 2.18. The molecule has 0 fully saturated rings. The summed E-state index contributed by atoms with van der Waals surface area (Å²) in [6, 6.07) is 9.81. The molecule has 0 saturated heterocycles. The molecule has 1 atom stereocenters. The molecule has 0 heterocycles. The first-order chi connectivity index (χ1) is 6.25. The molecule has 1 aromatic carbocycles. The van der Waals surface area contributed by atoms with Crippen LogP contribution in [0.1, 0.15) is 24.8 Å². The number of carbonyl (C=O) groups excluding carboxylic acids is 1. The Kier molecular flexibility index (Phi) is 3.44. The van der Waals surface area contributed by atoms with E-state index in [2.05, 4.69) is 6.58 Å². The lowest BCUT2D eigenvalue weighted by molar-refractivity contribution is -0.119. The topological polar surface area (TPSA) is 17.1 Å². The SMILES string of the molecule is C=CCC(=O)[C@H](C)c1ccccc1. The minimum atomic E-state index is -0.0146. The first-order valence-electron chi connectivity index (χ1n) is 4.44. The first-order valence-corrected chi connectivity index (χ1v) is 4.44. The van der Waals surface area contributed by atoms with Crippen molar-refractivity contribution in [3.05, 3.63) is 48.6 Å². The number of Topliss-reactive ketones (excluding diaryl/α,β-unsaturated/α-hetero) is 1. The maximum absolute atomic E-state index is 11.5. The number of hydrogen-bond acceptors (Lipinski definition) is 1. The van der Waals surface area contributed by atoms with Gasteiger partial charge in [0.05, 0.1) is 0 Å². The normalized spacial score (nSPS) is 12.1. The summed E-state index contributed by atoms with van der Waals surface area (Å²) in [4.78, 5) is 11.5. The molecule has 0 bridgehead atoms. The van der Waals surface area contributed by atoms with Gasteiger partial charge < -0.3 is 0 Å². The van der Waals surface area contributed by atoms with Crippen LogP contribution in [0.25, 0.3) is 0 Å². The molecule has 1 heteroatoms. The number of carbonyl (C=O) groups is 1. The lowest BCUT2D eigenvalue weighted by atomic mass is 9.95. The van der Waals surface area contributed by atoms with Gasteiger partial charge in [-0.05, 0) is 5.56 Å². The van der Waals surface area contributed by atoms with Crippen LogP contribution in [0.4, 0.5) is 0 Å². The maximum Gasteiger partial charge on any atom is 0.143 e. The fraction of sp³-hybridized carbons (Fsp3) is 0.250. The van der Waals surface area contributed by atoms with Crippen LogP contribution in [0.3, 0.4) is 0 Å². The highest BCUT2D eigenvalue weighted by atomic mass is 16.1. The van der Waals surface area contributed by atoms with Crippen molar-refractivity contribution in [2.45, 2.75) is 19.3 Å². The summed E-state index contributed by atoms with van der Waals surface area (Å²) in [6.45, 7) is 5.49. The van der Waals surface area contributed by atoms with Gasteiger partial charge in [-0.3, -0.25) is 4.79 Å². The third-order valence-corrected chi connectivity index (χ3v) is 2.13. The average molecular weight is 174 g/mol.